The van der Waals surface area contributed by atoms with Crippen molar-refractivity contribution in [1.82, 2.24) is 0 Å². The lowest BCUT2D eigenvalue weighted by molar-refractivity contribution is 0.103. The third-order valence-electron chi connectivity index (χ3n) is 2.28. The molecule has 0 fully saturated rings. The molecule has 0 spiro atoms. The van der Waals surface area contributed by atoms with E-state index in [-0.39, 0.29) is 5.78 Å². The molecule has 0 radical (unpaired) electrons. The Morgan fingerprint density at radius 3 is 2.65 bits per heavy atom. The van der Waals surface area contributed by atoms with Gasteiger partial charge in [0.25, 0.3) is 0 Å². The van der Waals surface area contributed by atoms with Crippen LogP contribution in [0.5, 0.6) is 5.75 Å². The summed E-state index contributed by atoms with van der Waals surface area (Å²) in [7, 11) is 1.54. The SMILES string of the molecule is COc1ccc(C(=O)c2ccoc2Br)c(Cl)c1. The number of carbonyl (C=O) groups is 1. The zero-order valence-electron chi connectivity index (χ0n) is 8.87. The number of benzene rings is 1. The molecule has 5 heteroatoms. The maximum atomic E-state index is 12.1. The molecule has 0 atom stereocenters. The molecule has 0 saturated heterocycles. The number of rotatable bonds is 3. The average Bonchev–Trinajstić information content (AvgIpc) is 2.74. The summed E-state index contributed by atoms with van der Waals surface area (Å²) >= 11 is 9.19. The fourth-order valence-electron chi connectivity index (χ4n) is 1.41. The van der Waals surface area contributed by atoms with Gasteiger partial charge < -0.3 is 9.15 Å². The van der Waals surface area contributed by atoms with Gasteiger partial charge in [0, 0.05) is 5.56 Å². The maximum absolute atomic E-state index is 12.1. The van der Waals surface area contributed by atoms with E-state index in [0.717, 1.165) is 0 Å². The quantitative estimate of drug-likeness (QED) is 0.806. The molecule has 0 amide bonds. The van der Waals surface area contributed by atoms with E-state index in [0.29, 0.717) is 26.6 Å². The number of carbonyl (C=O) groups excluding carboxylic acids is 1. The van der Waals surface area contributed by atoms with Gasteiger partial charge in [0.1, 0.15) is 5.75 Å². The zero-order valence-corrected chi connectivity index (χ0v) is 11.2. The summed E-state index contributed by atoms with van der Waals surface area (Å²) in [6, 6.07) is 6.51. The molecule has 1 aromatic carbocycles. The van der Waals surface area contributed by atoms with Crippen LogP contribution in [0.4, 0.5) is 0 Å². The van der Waals surface area contributed by atoms with Crippen molar-refractivity contribution in [1.29, 1.82) is 0 Å². The Hall–Kier alpha value is -1.26. The van der Waals surface area contributed by atoms with Gasteiger partial charge in [-0.05, 0) is 40.2 Å². The topological polar surface area (TPSA) is 39.4 Å². The van der Waals surface area contributed by atoms with E-state index in [1.165, 1.54) is 6.26 Å². The van der Waals surface area contributed by atoms with Crippen molar-refractivity contribution in [2.75, 3.05) is 7.11 Å². The van der Waals surface area contributed by atoms with Crippen LogP contribution in [0.2, 0.25) is 5.02 Å². The minimum absolute atomic E-state index is 0.196. The molecular formula is C12H8BrClO3. The van der Waals surface area contributed by atoms with Gasteiger partial charge in [-0.25, -0.2) is 0 Å². The monoisotopic (exact) mass is 314 g/mol. The highest BCUT2D eigenvalue weighted by Gasteiger charge is 2.17. The van der Waals surface area contributed by atoms with E-state index in [9.17, 15) is 4.79 Å². The van der Waals surface area contributed by atoms with Gasteiger partial charge in [-0.3, -0.25) is 4.79 Å². The van der Waals surface area contributed by atoms with Gasteiger partial charge in [0.05, 0.1) is 24.0 Å². The van der Waals surface area contributed by atoms with Crippen molar-refractivity contribution in [3.8, 4) is 5.75 Å². The molecule has 2 rings (SSSR count). The van der Waals surface area contributed by atoms with E-state index in [2.05, 4.69) is 15.9 Å². The second-order valence-corrected chi connectivity index (χ2v) is 4.41. The minimum atomic E-state index is -0.196. The molecule has 0 aliphatic carbocycles. The van der Waals surface area contributed by atoms with Crippen LogP contribution in [-0.4, -0.2) is 12.9 Å². The number of hydrogen-bond donors (Lipinski definition) is 0. The average molecular weight is 316 g/mol. The number of methoxy groups -OCH3 is 1. The first-order valence-electron chi connectivity index (χ1n) is 4.74. The van der Waals surface area contributed by atoms with E-state index in [1.54, 1.807) is 31.4 Å². The van der Waals surface area contributed by atoms with Crippen LogP contribution in [0, 0.1) is 0 Å². The third kappa shape index (κ3) is 2.37. The van der Waals surface area contributed by atoms with Gasteiger partial charge in [-0.2, -0.15) is 0 Å². The minimum Gasteiger partial charge on any atom is -0.497 e. The molecule has 88 valence electrons. The summed E-state index contributed by atoms with van der Waals surface area (Å²) in [6.45, 7) is 0. The highest BCUT2D eigenvalue weighted by molar-refractivity contribution is 9.10. The molecular weight excluding hydrogens is 307 g/mol. The van der Waals surface area contributed by atoms with Crippen LogP contribution in [0.15, 0.2) is 39.6 Å². The molecule has 0 unspecified atom stereocenters. The summed E-state index contributed by atoms with van der Waals surface area (Å²) in [5, 5.41) is 0.349. The summed E-state index contributed by atoms with van der Waals surface area (Å²) in [5.74, 6) is 0.413. The van der Waals surface area contributed by atoms with Gasteiger partial charge in [-0.15, -0.1) is 0 Å². The summed E-state index contributed by atoms with van der Waals surface area (Å²) in [4.78, 5) is 12.1. The van der Waals surface area contributed by atoms with Crippen LogP contribution < -0.4 is 4.74 Å². The van der Waals surface area contributed by atoms with E-state index in [1.807, 2.05) is 0 Å². The largest absolute Gasteiger partial charge is 0.497 e. The Morgan fingerprint density at radius 1 is 1.35 bits per heavy atom. The zero-order chi connectivity index (χ0) is 12.4. The standard InChI is InChI=1S/C12H8BrClO3/c1-16-7-2-3-8(10(14)6-7)11(15)9-4-5-17-12(9)13/h2-6H,1H3. The normalized spacial score (nSPS) is 10.3. The van der Waals surface area contributed by atoms with Crippen molar-refractivity contribution < 1.29 is 13.9 Å². The molecule has 0 saturated carbocycles. The number of ketones is 1. The fourth-order valence-corrected chi connectivity index (χ4v) is 2.08. The molecule has 17 heavy (non-hydrogen) atoms. The summed E-state index contributed by atoms with van der Waals surface area (Å²) < 4.78 is 10.4. The maximum Gasteiger partial charge on any atom is 0.198 e. The van der Waals surface area contributed by atoms with Gasteiger partial charge >= 0.3 is 0 Å². The van der Waals surface area contributed by atoms with Crippen molar-refractivity contribution in [3.05, 3.63) is 51.3 Å². The molecule has 0 N–H and O–H groups in total. The van der Waals surface area contributed by atoms with E-state index >= 15 is 0 Å². The Balaban J connectivity index is 2.41. The lowest BCUT2D eigenvalue weighted by Gasteiger charge is -2.04. The molecule has 2 aromatic rings. The van der Waals surface area contributed by atoms with Gasteiger partial charge in [0.2, 0.25) is 0 Å². The van der Waals surface area contributed by atoms with Crippen LogP contribution >= 0.6 is 27.5 Å². The summed E-state index contributed by atoms with van der Waals surface area (Å²) in [6.07, 6.45) is 1.44. The number of hydrogen-bond acceptors (Lipinski definition) is 3. The van der Waals surface area contributed by atoms with Crippen LogP contribution in [-0.2, 0) is 0 Å². The predicted octanol–water partition coefficient (Wildman–Crippen LogP) is 3.94. The van der Waals surface area contributed by atoms with Crippen molar-refractivity contribution >= 4 is 33.3 Å². The smallest absolute Gasteiger partial charge is 0.198 e. The van der Waals surface area contributed by atoms with Crippen molar-refractivity contribution in [2.24, 2.45) is 0 Å². The van der Waals surface area contributed by atoms with Crippen molar-refractivity contribution in [3.63, 3.8) is 0 Å². The molecule has 0 bridgehead atoms. The Bertz CT molecular complexity index is 563. The van der Waals surface area contributed by atoms with E-state index < -0.39 is 0 Å². The first-order valence-corrected chi connectivity index (χ1v) is 5.92. The first-order chi connectivity index (χ1) is 8.13. The lowest BCUT2D eigenvalue weighted by Crippen LogP contribution is -2.01. The molecule has 0 aliphatic rings. The van der Waals surface area contributed by atoms with Crippen LogP contribution in [0.25, 0.3) is 0 Å². The Labute approximate surface area is 111 Å². The van der Waals surface area contributed by atoms with Crippen molar-refractivity contribution in [2.45, 2.75) is 0 Å². The van der Waals surface area contributed by atoms with Gasteiger partial charge in [0.15, 0.2) is 10.5 Å². The number of ether oxygens (including phenoxy) is 1. The Kier molecular flexibility index (Phi) is 3.54. The highest BCUT2D eigenvalue weighted by atomic mass is 79.9. The van der Waals surface area contributed by atoms with Crippen LogP contribution in [0.1, 0.15) is 15.9 Å². The van der Waals surface area contributed by atoms with E-state index in [4.69, 9.17) is 20.8 Å². The molecule has 0 aliphatic heterocycles. The molecule has 3 nitrogen and oxygen atoms in total. The lowest BCUT2D eigenvalue weighted by atomic mass is 10.1. The fraction of sp³-hybridized carbons (Fsp3) is 0.0833. The van der Waals surface area contributed by atoms with Gasteiger partial charge in [-0.1, -0.05) is 11.6 Å². The second-order valence-electron chi connectivity index (χ2n) is 3.28. The number of furan rings is 1. The van der Waals surface area contributed by atoms with Crippen LogP contribution in [0.3, 0.4) is 0 Å². The molecule has 1 heterocycles. The first kappa shape index (κ1) is 12.2. The predicted molar refractivity (Wildman–Crippen MR) is 67.8 cm³/mol. The number of halogens is 2. The Morgan fingerprint density at radius 2 is 2.12 bits per heavy atom. The second kappa shape index (κ2) is 4.94. The third-order valence-corrected chi connectivity index (χ3v) is 3.21. The highest BCUT2D eigenvalue weighted by Crippen LogP contribution is 2.27. The molecule has 1 aromatic heterocycles. The summed E-state index contributed by atoms with van der Waals surface area (Å²) in [5.41, 5.74) is 0.853.